The van der Waals surface area contributed by atoms with Crippen molar-refractivity contribution in [2.45, 2.75) is 46.5 Å². The topological polar surface area (TPSA) is 46.5 Å². The van der Waals surface area contributed by atoms with Gasteiger partial charge >= 0.3 is 5.97 Å². The van der Waals surface area contributed by atoms with Crippen LogP contribution in [0.4, 0.5) is 4.39 Å². The molecule has 3 nitrogen and oxygen atoms in total. The molecular weight excluding hydrogens is 259 g/mol. The fraction of sp³-hybridized carbons (Fsp3) is 0.562. The van der Waals surface area contributed by atoms with Crippen molar-refractivity contribution in [1.82, 2.24) is 0 Å². The fourth-order valence-corrected chi connectivity index (χ4v) is 2.03. The maximum absolute atomic E-state index is 13.5. The van der Waals surface area contributed by atoms with E-state index in [1.54, 1.807) is 6.92 Å². The van der Waals surface area contributed by atoms with Crippen molar-refractivity contribution in [3.05, 3.63) is 29.1 Å². The number of halogens is 1. The molecule has 0 spiro atoms. The first-order valence-electron chi connectivity index (χ1n) is 7.09. The van der Waals surface area contributed by atoms with E-state index in [1.807, 2.05) is 0 Å². The van der Waals surface area contributed by atoms with Crippen LogP contribution in [0.2, 0.25) is 0 Å². The van der Waals surface area contributed by atoms with Gasteiger partial charge in [-0.05, 0) is 55.4 Å². The number of esters is 1. The molecule has 0 aliphatic carbocycles. The number of hydrogen-bond donors (Lipinski definition) is 1. The highest BCUT2D eigenvalue weighted by molar-refractivity contribution is 5.69. The summed E-state index contributed by atoms with van der Waals surface area (Å²) < 4.78 is 18.3. The Hall–Kier alpha value is -1.58. The highest BCUT2D eigenvalue weighted by Crippen LogP contribution is 2.24. The Morgan fingerprint density at radius 1 is 1.30 bits per heavy atom. The summed E-state index contributed by atoms with van der Waals surface area (Å²) >= 11 is 0. The van der Waals surface area contributed by atoms with Crippen LogP contribution in [-0.4, -0.2) is 17.7 Å². The van der Waals surface area contributed by atoms with Crippen molar-refractivity contribution in [2.24, 2.45) is 5.92 Å². The average Bonchev–Trinajstić information content (AvgIpc) is 2.38. The fourth-order valence-electron chi connectivity index (χ4n) is 2.03. The summed E-state index contributed by atoms with van der Waals surface area (Å²) in [5, 5.41) is 9.48. The van der Waals surface area contributed by atoms with Crippen LogP contribution in [0.5, 0.6) is 5.75 Å². The second-order valence-corrected chi connectivity index (χ2v) is 5.31. The molecule has 0 saturated heterocycles. The molecule has 4 heteroatoms. The van der Waals surface area contributed by atoms with Gasteiger partial charge in [0.05, 0.1) is 6.61 Å². The number of carbonyl (C=O) groups is 1. The zero-order chi connectivity index (χ0) is 15.1. The summed E-state index contributed by atoms with van der Waals surface area (Å²) in [4.78, 5) is 11.4. The minimum absolute atomic E-state index is 0.229. The van der Waals surface area contributed by atoms with E-state index in [2.05, 4.69) is 13.8 Å². The van der Waals surface area contributed by atoms with Gasteiger partial charge in [0.25, 0.3) is 0 Å². The van der Waals surface area contributed by atoms with Crippen LogP contribution in [-0.2, 0) is 22.4 Å². The molecule has 0 bridgehead atoms. The zero-order valence-corrected chi connectivity index (χ0v) is 12.4. The lowest BCUT2D eigenvalue weighted by molar-refractivity contribution is -0.143. The largest absolute Gasteiger partial charge is 0.505 e. The van der Waals surface area contributed by atoms with Crippen molar-refractivity contribution in [1.29, 1.82) is 0 Å². The van der Waals surface area contributed by atoms with Gasteiger partial charge in [-0.1, -0.05) is 13.8 Å². The van der Waals surface area contributed by atoms with Crippen LogP contribution in [0.15, 0.2) is 12.1 Å². The maximum Gasteiger partial charge on any atom is 0.306 e. The summed E-state index contributed by atoms with van der Waals surface area (Å²) in [6.45, 7) is 6.33. The molecule has 0 amide bonds. The molecule has 0 fully saturated rings. The van der Waals surface area contributed by atoms with Crippen molar-refractivity contribution in [2.75, 3.05) is 6.61 Å². The molecular formula is C16H23FO3. The highest BCUT2D eigenvalue weighted by atomic mass is 19.1. The Balaban J connectivity index is 2.80. The summed E-state index contributed by atoms with van der Waals surface area (Å²) in [5.41, 5.74) is 1.68. The van der Waals surface area contributed by atoms with Gasteiger partial charge in [-0.3, -0.25) is 4.79 Å². The molecule has 112 valence electrons. The molecule has 0 radical (unpaired) electrons. The maximum atomic E-state index is 13.5. The van der Waals surface area contributed by atoms with Crippen LogP contribution in [0.3, 0.4) is 0 Å². The number of aryl methyl sites for hydroxylation is 2. The lowest BCUT2D eigenvalue weighted by Gasteiger charge is -2.12. The van der Waals surface area contributed by atoms with Crippen molar-refractivity contribution in [3.63, 3.8) is 0 Å². The van der Waals surface area contributed by atoms with E-state index in [0.717, 1.165) is 24.0 Å². The third kappa shape index (κ3) is 5.19. The first-order chi connectivity index (χ1) is 9.43. The summed E-state index contributed by atoms with van der Waals surface area (Å²) in [5.74, 6) is -0.725. The number of phenols is 1. The Kier molecular flexibility index (Phi) is 6.49. The van der Waals surface area contributed by atoms with Crippen LogP contribution in [0.1, 0.15) is 44.7 Å². The predicted molar refractivity (Wildman–Crippen MR) is 76.2 cm³/mol. The lowest BCUT2D eigenvalue weighted by Crippen LogP contribution is -2.07. The average molecular weight is 282 g/mol. The standard InChI is InChI=1S/C16H23FO3/c1-4-20-16(19)8-7-12-9-14(17)15(18)10-13(12)6-5-11(2)3/h9-11,18H,4-8H2,1-3H3. The van der Waals surface area contributed by atoms with E-state index in [-0.39, 0.29) is 18.1 Å². The molecule has 0 aliphatic heterocycles. The van der Waals surface area contributed by atoms with Crippen molar-refractivity contribution in [3.8, 4) is 5.75 Å². The monoisotopic (exact) mass is 282 g/mol. The van der Waals surface area contributed by atoms with Crippen LogP contribution >= 0.6 is 0 Å². The molecule has 0 aliphatic rings. The number of aromatic hydroxyl groups is 1. The molecule has 1 N–H and O–H groups in total. The van der Waals surface area contributed by atoms with E-state index >= 15 is 0 Å². The van der Waals surface area contributed by atoms with E-state index in [9.17, 15) is 14.3 Å². The first-order valence-corrected chi connectivity index (χ1v) is 7.09. The molecule has 1 aromatic rings. The number of carbonyl (C=O) groups excluding carboxylic acids is 1. The molecule has 0 atom stereocenters. The normalized spacial score (nSPS) is 10.8. The van der Waals surface area contributed by atoms with Crippen LogP contribution in [0.25, 0.3) is 0 Å². The number of benzene rings is 1. The lowest BCUT2D eigenvalue weighted by atomic mass is 9.95. The Morgan fingerprint density at radius 3 is 2.55 bits per heavy atom. The smallest absolute Gasteiger partial charge is 0.306 e. The minimum atomic E-state index is -0.642. The summed E-state index contributed by atoms with van der Waals surface area (Å²) in [6.07, 6.45) is 2.39. The number of phenolic OH excluding ortho intramolecular Hbond substituents is 1. The molecule has 1 aromatic carbocycles. The van der Waals surface area contributed by atoms with Gasteiger partial charge in [-0.15, -0.1) is 0 Å². The van der Waals surface area contributed by atoms with Crippen molar-refractivity contribution >= 4 is 5.97 Å². The molecule has 1 rings (SSSR count). The number of ether oxygens (including phenoxy) is 1. The first kappa shape index (κ1) is 16.5. The molecule has 0 aromatic heterocycles. The summed E-state index contributed by atoms with van der Waals surface area (Å²) in [6, 6.07) is 2.79. The number of hydrogen-bond acceptors (Lipinski definition) is 3. The van der Waals surface area contributed by atoms with Gasteiger partial charge in [0, 0.05) is 6.42 Å². The van der Waals surface area contributed by atoms with Crippen molar-refractivity contribution < 1.29 is 19.0 Å². The quantitative estimate of drug-likeness (QED) is 0.777. The molecule has 0 saturated carbocycles. The van der Waals surface area contributed by atoms with Gasteiger partial charge in [-0.2, -0.15) is 0 Å². The van der Waals surface area contributed by atoms with Crippen LogP contribution < -0.4 is 0 Å². The summed E-state index contributed by atoms with van der Waals surface area (Å²) in [7, 11) is 0. The van der Waals surface area contributed by atoms with Gasteiger partial charge in [0.1, 0.15) is 0 Å². The van der Waals surface area contributed by atoms with E-state index in [1.165, 1.54) is 12.1 Å². The highest BCUT2D eigenvalue weighted by Gasteiger charge is 2.12. The second kappa shape index (κ2) is 7.88. The third-order valence-electron chi connectivity index (χ3n) is 3.16. The Morgan fingerprint density at radius 2 is 1.95 bits per heavy atom. The molecule has 0 unspecified atom stereocenters. The van der Waals surface area contributed by atoms with Gasteiger partial charge in [-0.25, -0.2) is 4.39 Å². The third-order valence-corrected chi connectivity index (χ3v) is 3.16. The zero-order valence-electron chi connectivity index (χ0n) is 12.4. The molecule has 0 heterocycles. The predicted octanol–water partition coefficient (Wildman–Crippen LogP) is 3.62. The minimum Gasteiger partial charge on any atom is -0.505 e. The van der Waals surface area contributed by atoms with E-state index in [0.29, 0.717) is 18.9 Å². The van der Waals surface area contributed by atoms with Gasteiger partial charge in [0.15, 0.2) is 11.6 Å². The Labute approximate surface area is 119 Å². The van der Waals surface area contributed by atoms with Gasteiger partial charge in [0.2, 0.25) is 0 Å². The second-order valence-electron chi connectivity index (χ2n) is 5.31. The SMILES string of the molecule is CCOC(=O)CCc1cc(F)c(O)cc1CCC(C)C. The van der Waals surface area contributed by atoms with E-state index < -0.39 is 5.82 Å². The number of rotatable bonds is 7. The van der Waals surface area contributed by atoms with Crippen LogP contribution in [0, 0.1) is 11.7 Å². The van der Waals surface area contributed by atoms with Gasteiger partial charge < -0.3 is 9.84 Å². The van der Waals surface area contributed by atoms with E-state index in [4.69, 9.17) is 4.74 Å². The Bertz CT molecular complexity index is 455. The molecule has 20 heavy (non-hydrogen) atoms.